The number of halogens is 1. The van der Waals surface area contributed by atoms with Crippen LogP contribution in [0.1, 0.15) is 0 Å². The maximum Gasteiger partial charge on any atom is 0.295 e. The summed E-state index contributed by atoms with van der Waals surface area (Å²) in [5, 5.41) is 22.3. The van der Waals surface area contributed by atoms with E-state index in [2.05, 4.69) is 0 Å². The molecule has 0 aliphatic carbocycles. The number of hydrogen-bond acceptors (Lipinski definition) is 6. The van der Waals surface area contributed by atoms with Gasteiger partial charge in [0.15, 0.2) is 0 Å². The number of nitro groups is 2. The molecule has 2 aromatic rings. The topological polar surface area (TPSA) is 92.8 Å². The van der Waals surface area contributed by atoms with Gasteiger partial charge in [0, 0.05) is 32.2 Å². The van der Waals surface area contributed by atoms with Crippen LogP contribution in [0.15, 0.2) is 42.5 Å². The minimum absolute atomic E-state index is 0.0312. The molecule has 0 bridgehead atoms. The number of para-hydroxylation sites is 2. The molecule has 1 fully saturated rings. The molecule has 130 valence electrons. The van der Waals surface area contributed by atoms with Crippen LogP contribution in [0.3, 0.4) is 0 Å². The van der Waals surface area contributed by atoms with Crippen molar-refractivity contribution < 1.29 is 14.2 Å². The summed E-state index contributed by atoms with van der Waals surface area (Å²) in [5.41, 5.74) is 0.636. The Labute approximate surface area is 142 Å². The Morgan fingerprint density at radius 1 is 0.800 bits per heavy atom. The second-order valence-electron chi connectivity index (χ2n) is 5.61. The van der Waals surface area contributed by atoms with Gasteiger partial charge in [0.1, 0.15) is 17.2 Å². The summed E-state index contributed by atoms with van der Waals surface area (Å²) in [4.78, 5) is 25.0. The van der Waals surface area contributed by atoms with Gasteiger partial charge in [-0.2, -0.15) is 0 Å². The van der Waals surface area contributed by atoms with Gasteiger partial charge < -0.3 is 9.80 Å². The minimum atomic E-state index is -0.658. The molecule has 3 rings (SSSR count). The number of nitrogens with zero attached hydrogens (tertiary/aromatic N) is 4. The van der Waals surface area contributed by atoms with Gasteiger partial charge in [-0.3, -0.25) is 20.2 Å². The highest BCUT2D eigenvalue weighted by molar-refractivity contribution is 5.66. The van der Waals surface area contributed by atoms with E-state index in [1.165, 1.54) is 18.2 Å². The molecule has 1 aliphatic rings. The molecule has 0 spiro atoms. The predicted molar refractivity (Wildman–Crippen MR) is 90.6 cm³/mol. The lowest BCUT2D eigenvalue weighted by molar-refractivity contribution is -0.384. The van der Waals surface area contributed by atoms with E-state index in [0.29, 0.717) is 37.6 Å². The summed E-state index contributed by atoms with van der Waals surface area (Å²) >= 11 is 0. The molecule has 8 nitrogen and oxygen atoms in total. The molecule has 0 radical (unpaired) electrons. The number of nitro benzene ring substituents is 2. The lowest BCUT2D eigenvalue weighted by atomic mass is 10.2. The van der Waals surface area contributed by atoms with Gasteiger partial charge in [-0.25, -0.2) is 4.39 Å². The molecule has 2 aromatic carbocycles. The van der Waals surface area contributed by atoms with Crippen molar-refractivity contribution in [1.29, 1.82) is 0 Å². The fourth-order valence-corrected chi connectivity index (χ4v) is 2.98. The van der Waals surface area contributed by atoms with Gasteiger partial charge in [-0.05, 0) is 18.2 Å². The Hall–Kier alpha value is -3.23. The summed E-state index contributed by atoms with van der Waals surface area (Å²) < 4.78 is 13.3. The van der Waals surface area contributed by atoms with Crippen molar-refractivity contribution in [2.45, 2.75) is 0 Å². The largest absolute Gasteiger partial charge is 0.362 e. The molecule has 1 heterocycles. The smallest absolute Gasteiger partial charge is 0.295 e. The standard InChI is InChI=1S/C16H15FN4O4/c17-12-5-6-14(16(11-12)21(24)25)19-9-7-18(8-10-19)13-3-1-2-4-15(13)20(22)23/h1-6,11H,7-10H2. The molecular weight excluding hydrogens is 331 g/mol. The van der Waals surface area contributed by atoms with Crippen LogP contribution in [0, 0.1) is 26.0 Å². The first-order chi connectivity index (χ1) is 12.0. The van der Waals surface area contributed by atoms with Gasteiger partial charge in [-0.15, -0.1) is 0 Å². The van der Waals surface area contributed by atoms with Crippen LogP contribution in [-0.2, 0) is 0 Å². The fraction of sp³-hybridized carbons (Fsp3) is 0.250. The van der Waals surface area contributed by atoms with Crippen LogP contribution in [0.2, 0.25) is 0 Å². The van der Waals surface area contributed by atoms with E-state index in [-0.39, 0.29) is 11.4 Å². The Balaban J connectivity index is 1.79. The maximum atomic E-state index is 13.3. The Morgan fingerprint density at radius 3 is 1.88 bits per heavy atom. The second-order valence-corrected chi connectivity index (χ2v) is 5.61. The van der Waals surface area contributed by atoms with E-state index in [1.807, 2.05) is 4.90 Å². The molecule has 0 amide bonds. The number of hydrogen-bond donors (Lipinski definition) is 0. The zero-order valence-corrected chi connectivity index (χ0v) is 13.2. The zero-order chi connectivity index (χ0) is 18.0. The van der Waals surface area contributed by atoms with Gasteiger partial charge in [-0.1, -0.05) is 12.1 Å². The van der Waals surface area contributed by atoms with Crippen LogP contribution in [0.25, 0.3) is 0 Å². The fourth-order valence-electron chi connectivity index (χ4n) is 2.98. The molecule has 0 atom stereocenters. The first kappa shape index (κ1) is 16.6. The average Bonchev–Trinajstić information content (AvgIpc) is 2.62. The van der Waals surface area contributed by atoms with Crippen molar-refractivity contribution >= 4 is 22.7 Å². The molecule has 0 unspecified atom stereocenters. The highest BCUT2D eigenvalue weighted by Gasteiger charge is 2.26. The van der Waals surface area contributed by atoms with Crippen LogP contribution in [-0.4, -0.2) is 36.0 Å². The van der Waals surface area contributed by atoms with Crippen molar-refractivity contribution in [3.63, 3.8) is 0 Å². The van der Waals surface area contributed by atoms with Crippen LogP contribution >= 0.6 is 0 Å². The third-order valence-corrected chi connectivity index (χ3v) is 4.17. The molecule has 25 heavy (non-hydrogen) atoms. The maximum absolute atomic E-state index is 13.3. The molecule has 0 N–H and O–H groups in total. The van der Waals surface area contributed by atoms with Crippen molar-refractivity contribution in [3.05, 3.63) is 68.5 Å². The van der Waals surface area contributed by atoms with E-state index in [0.717, 1.165) is 6.07 Å². The lowest BCUT2D eigenvalue weighted by Crippen LogP contribution is -2.46. The van der Waals surface area contributed by atoms with Crippen LogP contribution in [0.5, 0.6) is 0 Å². The van der Waals surface area contributed by atoms with Crippen molar-refractivity contribution in [2.75, 3.05) is 36.0 Å². The van der Waals surface area contributed by atoms with E-state index in [4.69, 9.17) is 0 Å². The van der Waals surface area contributed by atoms with Crippen molar-refractivity contribution in [3.8, 4) is 0 Å². The molecule has 1 aliphatic heterocycles. The molecular formula is C16H15FN4O4. The average molecular weight is 346 g/mol. The quantitative estimate of drug-likeness (QED) is 0.624. The summed E-state index contributed by atoms with van der Waals surface area (Å²) in [5.74, 6) is -0.658. The van der Waals surface area contributed by atoms with Gasteiger partial charge in [0.25, 0.3) is 11.4 Å². The minimum Gasteiger partial charge on any atom is -0.362 e. The van der Waals surface area contributed by atoms with Crippen molar-refractivity contribution in [2.24, 2.45) is 0 Å². The Bertz CT molecular complexity index is 822. The lowest BCUT2D eigenvalue weighted by Gasteiger charge is -2.36. The summed E-state index contributed by atoms with van der Waals surface area (Å²) in [6.07, 6.45) is 0. The first-order valence-corrected chi connectivity index (χ1v) is 7.64. The predicted octanol–water partition coefficient (Wildman–Crippen LogP) is 2.97. The highest BCUT2D eigenvalue weighted by Crippen LogP contribution is 2.32. The number of piperazine rings is 1. The summed E-state index contributed by atoms with van der Waals surface area (Å²) in [6, 6.07) is 9.98. The third-order valence-electron chi connectivity index (χ3n) is 4.17. The molecule has 1 saturated heterocycles. The second kappa shape index (κ2) is 6.71. The number of rotatable bonds is 4. The monoisotopic (exact) mass is 346 g/mol. The molecule has 0 saturated carbocycles. The highest BCUT2D eigenvalue weighted by atomic mass is 19.1. The van der Waals surface area contributed by atoms with Crippen molar-refractivity contribution in [1.82, 2.24) is 0 Å². The molecule has 9 heteroatoms. The van der Waals surface area contributed by atoms with Gasteiger partial charge >= 0.3 is 0 Å². The zero-order valence-electron chi connectivity index (χ0n) is 13.2. The Kier molecular flexibility index (Phi) is 4.46. The van der Waals surface area contributed by atoms with E-state index < -0.39 is 15.7 Å². The van der Waals surface area contributed by atoms with Crippen LogP contribution in [0.4, 0.5) is 27.1 Å². The van der Waals surface area contributed by atoms with E-state index in [1.54, 1.807) is 23.1 Å². The number of benzene rings is 2. The van der Waals surface area contributed by atoms with E-state index in [9.17, 15) is 24.6 Å². The van der Waals surface area contributed by atoms with Gasteiger partial charge in [0.05, 0.1) is 15.9 Å². The van der Waals surface area contributed by atoms with E-state index >= 15 is 0 Å². The first-order valence-electron chi connectivity index (χ1n) is 7.64. The Morgan fingerprint density at radius 2 is 1.32 bits per heavy atom. The third kappa shape index (κ3) is 3.35. The number of anilines is 2. The summed E-state index contributed by atoms with van der Waals surface area (Å²) in [7, 11) is 0. The van der Waals surface area contributed by atoms with Gasteiger partial charge in [0.2, 0.25) is 0 Å². The molecule has 0 aromatic heterocycles. The normalized spacial score (nSPS) is 14.4. The SMILES string of the molecule is O=[N+]([O-])c1ccccc1N1CCN(c2ccc(F)cc2[N+](=O)[O-])CC1. The van der Waals surface area contributed by atoms with Crippen LogP contribution < -0.4 is 9.80 Å². The summed E-state index contributed by atoms with van der Waals surface area (Å²) in [6.45, 7) is 1.83.